The molecular weight excluding hydrogens is 554 g/mol. The molecule has 4 aromatic rings. The van der Waals surface area contributed by atoms with Gasteiger partial charge in [0.2, 0.25) is 0 Å². The minimum atomic E-state index is -0.639. The number of pyridine rings is 1. The molecule has 0 spiro atoms. The van der Waals surface area contributed by atoms with Crippen LogP contribution < -0.4 is 5.32 Å². The SMILES string of the molecule is C[C@@H]1[C@H](CN(C)[C@H](C)[C@@H](O)c2ccccc2)O[C@H](c2ccc(CNC(=O)c3cccnc3)cc2)O[C@@H]1c1ccc(CO)cc1. The Balaban J connectivity index is 1.31. The predicted octanol–water partition coefficient (Wildman–Crippen LogP) is 5.35. The standard InChI is InChI=1S/C36H41N3O5/c1-24-32(22-39(3)25(2)33(41)28-8-5-4-6-9-28)43-36(44-34(24)29-15-13-27(23-40)14-16-29)30-17-11-26(12-18-30)20-38-35(42)31-10-7-19-37-21-31/h4-19,21,24-25,32-34,36,40-41H,20,22-23H2,1-3H3,(H,38,42)/t24-,25-,32+,33-,34+,36+/m1/s1. The van der Waals surface area contributed by atoms with Crippen molar-refractivity contribution in [3.05, 3.63) is 137 Å². The van der Waals surface area contributed by atoms with E-state index in [1.807, 2.05) is 92.8 Å². The van der Waals surface area contributed by atoms with Gasteiger partial charge in [-0.1, -0.05) is 85.8 Å². The van der Waals surface area contributed by atoms with Crippen molar-refractivity contribution in [3.8, 4) is 0 Å². The van der Waals surface area contributed by atoms with E-state index in [4.69, 9.17) is 9.47 Å². The van der Waals surface area contributed by atoms with E-state index >= 15 is 0 Å². The molecule has 3 N–H and O–H groups in total. The highest BCUT2D eigenvalue weighted by Gasteiger charge is 2.39. The Kier molecular flexibility index (Phi) is 10.5. The van der Waals surface area contributed by atoms with Gasteiger partial charge in [0.25, 0.3) is 5.91 Å². The number of aliphatic hydroxyl groups excluding tert-OH is 2. The van der Waals surface area contributed by atoms with Crippen molar-refractivity contribution in [1.29, 1.82) is 0 Å². The molecular formula is C36H41N3O5. The molecule has 1 aliphatic rings. The van der Waals surface area contributed by atoms with Crippen LogP contribution in [-0.4, -0.2) is 51.7 Å². The van der Waals surface area contributed by atoms with Crippen LogP contribution in [0.2, 0.25) is 0 Å². The lowest BCUT2D eigenvalue weighted by molar-refractivity contribution is -0.276. The number of carbonyl (C=O) groups is 1. The van der Waals surface area contributed by atoms with Crippen LogP contribution in [0.1, 0.15) is 70.5 Å². The van der Waals surface area contributed by atoms with Gasteiger partial charge in [0.1, 0.15) is 0 Å². The largest absolute Gasteiger partial charge is 0.392 e. The maximum Gasteiger partial charge on any atom is 0.253 e. The van der Waals surface area contributed by atoms with Crippen LogP contribution in [0.15, 0.2) is 103 Å². The van der Waals surface area contributed by atoms with Gasteiger partial charge in [0.05, 0.1) is 30.5 Å². The number of nitrogens with zero attached hydrogens (tertiary/aromatic N) is 2. The number of hydrogen-bond acceptors (Lipinski definition) is 7. The highest BCUT2D eigenvalue weighted by atomic mass is 16.7. The van der Waals surface area contributed by atoms with Crippen molar-refractivity contribution in [2.24, 2.45) is 5.92 Å². The molecule has 1 saturated heterocycles. The van der Waals surface area contributed by atoms with Crippen LogP contribution in [0.3, 0.4) is 0 Å². The maximum atomic E-state index is 12.4. The molecule has 0 aliphatic carbocycles. The minimum Gasteiger partial charge on any atom is -0.392 e. The first-order valence-corrected chi connectivity index (χ1v) is 15.0. The molecule has 1 amide bonds. The Labute approximate surface area is 259 Å². The lowest BCUT2D eigenvalue weighted by Crippen LogP contribution is -2.46. The van der Waals surface area contributed by atoms with Gasteiger partial charge < -0.3 is 25.0 Å². The number of benzene rings is 3. The molecule has 0 bridgehead atoms. The van der Waals surface area contributed by atoms with Gasteiger partial charge in [-0.3, -0.25) is 14.7 Å². The second-order valence-corrected chi connectivity index (χ2v) is 11.5. The first-order chi connectivity index (χ1) is 21.3. The number of carbonyl (C=O) groups excluding carboxylic acids is 1. The van der Waals surface area contributed by atoms with Crippen molar-refractivity contribution in [2.45, 2.75) is 57.6 Å². The van der Waals surface area contributed by atoms with E-state index in [9.17, 15) is 15.0 Å². The van der Waals surface area contributed by atoms with E-state index in [1.54, 1.807) is 24.5 Å². The molecule has 1 aromatic heterocycles. The summed E-state index contributed by atoms with van der Waals surface area (Å²) >= 11 is 0. The third kappa shape index (κ3) is 7.59. The van der Waals surface area contributed by atoms with Gasteiger partial charge in [-0.25, -0.2) is 0 Å². The fourth-order valence-corrected chi connectivity index (χ4v) is 5.52. The van der Waals surface area contributed by atoms with Crippen LogP contribution in [0.4, 0.5) is 0 Å². The van der Waals surface area contributed by atoms with E-state index < -0.39 is 12.4 Å². The summed E-state index contributed by atoms with van der Waals surface area (Å²) in [6, 6.07) is 28.8. The van der Waals surface area contributed by atoms with Gasteiger partial charge in [-0.15, -0.1) is 0 Å². The van der Waals surface area contributed by atoms with Crippen LogP contribution in [0, 0.1) is 5.92 Å². The molecule has 5 rings (SSSR count). The molecule has 1 aliphatic heterocycles. The molecule has 0 unspecified atom stereocenters. The van der Waals surface area contributed by atoms with Crippen molar-refractivity contribution >= 4 is 5.91 Å². The van der Waals surface area contributed by atoms with Crippen molar-refractivity contribution in [2.75, 3.05) is 13.6 Å². The van der Waals surface area contributed by atoms with Gasteiger partial charge in [0, 0.05) is 43.0 Å². The predicted molar refractivity (Wildman–Crippen MR) is 168 cm³/mol. The van der Waals surface area contributed by atoms with E-state index in [1.165, 1.54) is 0 Å². The summed E-state index contributed by atoms with van der Waals surface area (Å²) < 4.78 is 13.2. The number of hydrogen-bond donors (Lipinski definition) is 3. The molecule has 2 heterocycles. The molecule has 3 aromatic carbocycles. The van der Waals surface area contributed by atoms with Crippen LogP contribution >= 0.6 is 0 Å². The summed E-state index contributed by atoms with van der Waals surface area (Å²) in [6.45, 7) is 5.11. The highest BCUT2D eigenvalue weighted by molar-refractivity contribution is 5.93. The number of nitrogens with one attached hydrogen (secondary N) is 1. The molecule has 0 radical (unpaired) electrons. The zero-order valence-electron chi connectivity index (χ0n) is 25.4. The van der Waals surface area contributed by atoms with E-state index in [-0.39, 0.29) is 36.7 Å². The fraction of sp³-hybridized carbons (Fsp3) is 0.333. The third-order valence-corrected chi connectivity index (χ3v) is 8.51. The Bertz CT molecular complexity index is 1470. The number of aromatic nitrogens is 1. The van der Waals surface area contributed by atoms with Gasteiger partial charge in [0.15, 0.2) is 6.29 Å². The summed E-state index contributed by atoms with van der Waals surface area (Å²) in [4.78, 5) is 18.6. The second kappa shape index (κ2) is 14.7. The molecule has 8 heteroatoms. The fourth-order valence-electron chi connectivity index (χ4n) is 5.52. The third-order valence-electron chi connectivity index (χ3n) is 8.51. The van der Waals surface area contributed by atoms with Gasteiger partial charge in [-0.05, 0) is 48.4 Å². The van der Waals surface area contributed by atoms with E-state index in [0.29, 0.717) is 18.7 Å². The van der Waals surface area contributed by atoms with Crippen LogP contribution in [0.5, 0.6) is 0 Å². The number of aliphatic hydroxyl groups is 2. The van der Waals surface area contributed by atoms with Crippen LogP contribution in [0.25, 0.3) is 0 Å². The van der Waals surface area contributed by atoms with Gasteiger partial charge in [-0.2, -0.15) is 0 Å². The summed E-state index contributed by atoms with van der Waals surface area (Å²) in [5.41, 5.74) is 5.08. The summed E-state index contributed by atoms with van der Waals surface area (Å²) in [5.74, 6) is -0.166. The smallest absolute Gasteiger partial charge is 0.253 e. The maximum absolute atomic E-state index is 12.4. The Hall–Kier alpha value is -3.92. The zero-order chi connectivity index (χ0) is 31.1. The normalized spacial score (nSPS) is 21.5. The number of ether oxygens (including phenoxy) is 2. The zero-order valence-corrected chi connectivity index (χ0v) is 25.4. The van der Waals surface area contributed by atoms with Crippen LogP contribution in [-0.2, 0) is 22.6 Å². The summed E-state index contributed by atoms with van der Waals surface area (Å²) in [5, 5.41) is 23.6. The molecule has 0 saturated carbocycles. The van der Waals surface area contributed by atoms with E-state index in [0.717, 1.165) is 27.8 Å². The van der Waals surface area contributed by atoms with Crippen molar-refractivity contribution in [1.82, 2.24) is 15.2 Å². The topological polar surface area (TPSA) is 104 Å². The van der Waals surface area contributed by atoms with Crippen molar-refractivity contribution < 1.29 is 24.5 Å². The highest BCUT2D eigenvalue weighted by Crippen LogP contribution is 2.42. The van der Waals surface area contributed by atoms with Gasteiger partial charge >= 0.3 is 0 Å². The minimum absolute atomic E-state index is 0.0108. The van der Waals surface area contributed by atoms with Crippen molar-refractivity contribution in [3.63, 3.8) is 0 Å². The molecule has 6 atom stereocenters. The number of rotatable bonds is 11. The lowest BCUT2D eigenvalue weighted by atomic mass is 9.89. The average molecular weight is 596 g/mol. The summed E-state index contributed by atoms with van der Waals surface area (Å²) in [6.07, 6.45) is 1.50. The number of amides is 1. The molecule has 1 fully saturated rings. The average Bonchev–Trinajstić information content (AvgIpc) is 3.08. The van der Waals surface area contributed by atoms with E-state index in [2.05, 4.69) is 22.1 Å². The lowest BCUT2D eigenvalue weighted by Gasteiger charge is -2.43. The Morgan fingerprint density at radius 3 is 2.27 bits per heavy atom. The Morgan fingerprint density at radius 2 is 1.61 bits per heavy atom. The molecule has 8 nitrogen and oxygen atoms in total. The first-order valence-electron chi connectivity index (χ1n) is 15.0. The first kappa shape index (κ1) is 31.5. The molecule has 44 heavy (non-hydrogen) atoms. The second-order valence-electron chi connectivity index (χ2n) is 11.5. The quantitative estimate of drug-likeness (QED) is 0.215. The number of likely N-dealkylation sites (N-methyl/N-ethyl adjacent to an activating group) is 1. The summed E-state index contributed by atoms with van der Waals surface area (Å²) in [7, 11) is 2.01. The monoisotopic (exact) mass is 595 g/mol. The Morgan fingerprint density at radius 1 is 0.932 bits per heavy atom. The molecule has 230 valence electrons.